The highest BCUT2D eigenvalue weighted by molar-refractivity contribution is 7.89. The van der Waals surface area contributed by atoms with Crippen LogP contribution in [-0.4, -0.2) is 72.8 Å². The van der Waals surface area contributed by atoms with Crippen LogP contribution in [0, 0.1) is 0 Å². The average molecular weight is 492 g/mol. The Morgan fingerprint density at radius 1 is 1.16 bits per heavy atom. The van der Waals surface area contributed by atoms with Crippen molar-refractivity contribution in [2.75, 3.05) is 39.3 Å². The summed E-state index contributed by atoms with van der Waals surface area (Å²) in [5.41, 5.74) is 1.93. The van der Waals surface area contributed by atoms with Crippen LogP contribution in [0.1, 0.15) is 21.1 Å². The average Bonchev–Trinajstić information content (AvgIpc) is 3.47. The van der Waals surface area contributed by atoms with Gasteiger partial charge in [0.1, 0.15) is 5.03 Å². The van der Waals surface area contributed by atoms with Gasteiger partial charge in [0, 0.05) is 54.8 Å². The van der Waals surface area contributed by atoms with E-state index in [1.807, 2.05) is 0 Å². The van der Waals surface area contributed by atoms with E-state index in [4.69, 9.17) is 11.6 Å². The molecule has 5 rings (SSSR count). The fourth-order valence-corrected chi connectivity index (χ4v) is 6.56. The summed E-state index contributed by atoms with van der Waals surface area (Å²) >= 11 is 7.41. The van der Waals surface area contributed by atoms with E-state index < -0.39 is 10.0 Å². The lowest BCUT2D eigenvalue weighted by atomic mass is 10.1. The molecule has 3 aromatic rings. The summed E-state index contributed by atoms with van der Waals surface area (Å²) in [6.45, 7) is 2.87. The maximum absolute atomic E-state index is 13.1. The first-order valence-corrected chi connectivity index (χ1v) is 13.0. The predicted octanol–water partition coefficient (Wildman–Crippen LogP) is 2.80. The molecule has 1 fully saturated rings. The van der Waals surface area contributed by atoms with Crippen molar-refractivity contribution in [3.8, 4) is 0 Å². The molecule has 2 aliphatic rings. The number of rotatable bonds is 4. The number of aromatic amines is 1. The molecule has 168 valence electrons. The van der Waals surface area contributed by atoms with E-state index >= 15 is 0 Å². The highest BCUT2D eigenvalue weighted by atomic mass is 35.5. The van der Waals surface area contributed by atoms with Crippen LogP contribution in [-0.2, 0) is 10.0 Å². The third-order valence-electron chi connectivity index (χ3n) is 5.77. The Morgan fingerprint density at radius 3 is 2.72 bits per heavy atom. The van der Waals surface area contributed by atoms with Gasteiger partial charge < -0.3 is 15.2 Å². The van der Waals surface area contributed by atoms with Crippen LogP contribution in [0.15, 0.2) is 41.6 Å². The van der Waals surface area contributed by atoms with Crippen molar-refractivity contribution in [2.45, 2.75) is 11.4 Å². The normalized spacial score (nSPS) is 18.2. The van der Waals surface area contributed by atoms with Crippen molar-refractivity contribution in [1.29, 1.82) is 0 Å². The maximum atomic E-state index is 13.1. The Labute approximate surface area is 194 Å². The smallest absolute Gasteiger partial charge is 0.282 e. The number of sulfonamides is 1. The summed E-state index contributed by atoms with van der Waals surface area (Å²) < 4.78 is 27.6. The van der Waals surface area contributed by atoms with Crippen molar-refractivity contribution in [3.05, 3.63) is 51.4 Å². The summed E-state index contributed by atoms with van der Waals surface area (Å²) in [4.78, 5) is 22.9. The monoisotopic (exact) mass is 491 g/mol. The molecule has 0 atom stereocenters. The van der Waals surface area contributed by atoms with Gasteiger partial charge in [-0.05, 0) is 42.8 Å². The highest BCUT2D eigenvalue weighted by Crippen LogP contribution is 2.28. The van der Waals surface area contributed by atoms with Crippen LogP contribution in [0.4, 0.5) is 0 Å². The molecule has 1 aromatic carbocycles. The quantitative estimate of drug-likeness (QED) is 0.584. The SMILES string of the molecule is O=C(c1ncc(C2=CCNCC2)s1)N1CCN(S(=O)(=O)c2cc3cc(Cl)ccc3[nH]2)CC1. The van der Waals surface area contributed by atoms with E-state index in [1.165, 1.54) is 21.2 Å². The van der Waals surface area contributed by atoms with Crippen molar-refractivity contribution in [1.82, 2.24) is 24.5 Å². The van der Waals surface area contributed by atoms with Crippen molar-refractivity contribution < 1.29 is 13.2 Å². The number of carbonyl (C=O) groups is 1. The second-order valence-corrected chi connectivity index (χ2v) is 11.1. The van der Waals surface area contributed by atoms with Gasteiger partial charge in [-0.1, -0.05) is 17.7 Å². The molecular weight excluding hydrogens is 470 g/mol. The maximum Gasteiger partial charge on any atom is 0.282 e. The second-order valence-electron chi connectivity index (χ2n) is 7.77. The summed E-state index contributed by atoms with van der Waals surface area (Å²) in [6.07, 6.45) is 4.82. The summed E-state index contributed by atoms with van der Waals surface area (Å²) in [5, 5.41) is 5.15. The highest BCUT2D eigenvalue weighted by Gasteiger charge is 2.32. The Kier molecular flexibility index (Phi) is 5.81. The van der Waals surface area contributed by atoms with Gasteiger partial charge in [-0.3, -0.25) is 4.79 Å². The number of H-pyrrole nitrogens is 1. The number of hydrogen-bond donors (Lipinski definition) is 2. The van der Waals surface area contributed by atoms with Crippen LogP contribution < -0.4 is 5.32 Å². The van der Waals surface area contributed by atoms with Gasteiger partial charge in [0.2, 0.25) is 0 Å². The minimum atomic E-state index is -3.69. The van der Waals surface area contributed by atoms with Gasteiger partial charge in [-0.15, -0.1) is 11.3 Å². The van der Waals surface area contributed by atoms with Gasteiger partial charge in [-0.25, -0.2) is 13.4 Å². The van der Waals surface area contributed by atoms with Gasteiger partial charge >= 0.3 is 0 Å². The van der Waals surface area contributed by atoms with Crippen LogP contribution >= 0.6 is 22.9 Å². The molecular formula is C21H22ClN5O3S2. The number of carbonyl (C=O) groups excluding carboxylic acids is 1. The first-order valence-electron chi connectivity index (χ1n) is 10.4. The first-order chi connectivity index (χ1) is 15.4. The molecule has 1 amide bonds. The Bertz CT molecular complexity index is 1310. The number of nitrogens with zero attached hydrogens (tertiary/aromatic N) is 3. The van der Waals surface area contributed by atoms with Crippen LogP contribution in [0.2, 0.25) is 5.02 Å². The standard InChI is InChI=1S/C21H22ClN5O3S2/c22-16-1-2-17-15(11-16)12-19(25-17)32(29,30)27-9-7-26(8-10-27)21(28)20-24-13-18(31-20)14-3-5-23-6-4-14/h1-3,11-13,23,25H,4-10H2. The van der Waals surface area contributed by atoms with Crippen LogP contribution in [0.3, 0.4) is 0 Å². The molecule has 4 heterocycles. The molecule has 2 N–H and O–H groups in total. The van der Waals surface area contributed by atoms with Crippen molar-refractivity contribution >= 4 is 55.3 Å². The van der Waals surface area contributed by atoms with E-state index in [0.717, 1.165) is 29.8 Å². The lowest BCUT2D eigenvalue weighted by Crippen LogP contribution is -2.50. The van der Waals surface area contributed by atoms with E-state index in [1.54, 1.807) is 35.4 Å². The largest absolute Gasteiger partial charge is 0.345 e. The molecule has 11 heteroatoms. The van der Waals surface area contributed by atoms with Crippen LogP contribution in [0.25, 0.3) is 16.5 Å². The first kappa shape index (κ1) is 21.6. The molecule has 0 spiro atoms. The van der Waals surface area contributed by atoms with E-state index in [-0.39, 0.29) is 24.0 Å². The fraction of sp³-hybridized carbons (Fsp3) is 0.333. The molecule has 0 aliphatic carbocycles. The zero-order valence-corrected chi connectivity index (χ0v) is 19.6. The third kappa shape index (κ3) is 4.08. The molecule has 0 radical (unpaired) electrons. The minimum Gasteiger partial charge on any atom is -0.345 e. The minimum absolute atomic E-state index is 0.134. The Morgan fingerprint density at radius 2 is 1.97 bits per heavy atom. The summed E-state index contributed by atoms with van der Waals surface area (Å²) in [7, 11) is -3.69. The number of benzene rings is 1. The fourth-order valence-electron chi connectivity index (χ4n) is 3.99. The molecule has 0 saturated carbocycles. The number of halogens is 1. The molecule has 2 aliphatic heterocycles. The van der Waals surface area contributed by atoms with Gasteiger partial charge in [-0.2, -0.15) is 4.31 Å². The topological polar surface area (TPSA) is 98.4 Å². The number of amides is 1. The predicted molar refractivity (Wildman–Crippen MR) is 126 cm³/mol. The third-order valence-corrected chi connectivity index (χ3v) is 8.89. The lowest BCUT2D eigenvalue weighted by Gasteiger charge is -2.33. The molecule has 0 unspecified atom stereocenters. The second kappa shape index (κ2) is 8.60. The van der Waals surface area contributed by atoms with E-state index in [0.29, 0.717) is 28.6 Å². The molecule has 1 saturated heterocycles. The van der Waals surface area contributed by atoms with Gasteiger partial charge in [0.25, 0.3) is 15.9 Å². The number of piperazine rings is 1. The zero-order valence-electron chi connectivity index (χ0n) is 17.2. The van der Waals surface area contributed by atoms with Crippen molar-refractivity contribution in [3.63, 3.8) is 0 Å². The van der Waals surface area contributed by atoms with Gasteiger partial charge in [0.15, 0.2) is 5.01 Å². The molecule has 8 nitrogen and oxygen atoms in total. The zero-order chi connectivity index (χ0) is 22.3. The molecule has 32 heavy (non-hydrogen) atoms. The number of hydrogen-bond acceptors (Lipinski definition) is 6. The van der Waals surface area contributed by atoms with E-state index in [2.05, 4.69) is 21.4 Å². The Hall–Kier alpha value is -2.24. The number of aromatic nitrogens is 2. The summed E-state index contributed by atoms with van der Waals surface area (Å²) in [5.74, 6) is -0.145. The molecule has 2 aromatic heterocycles. The lowest BCUT2D eigenvalue weighted by molar-refractivity contribution is 0.0697. The van der Waals surface area contributed by atoms with Crippen molar-refractivity contribution in [2.24, 2.45) is 0 Å². The van der Waals surface area contributed by atoms with E-state index in [9.17, 15) is 13.2 Å². The number of nitrogens with one attached hydrogen (secondary N) is 2. The Balaban J connectivity index is 1.26. The number of thiazole rings is 1. The molecule has 0 bridgehead atoms. The number of fused-ring (bicyclic) bond motifs is 1. The van der Waals surface area contributed by atoms with Crippen LogP contribution in [0.5, 0.6) is 0 Å². The summed E-state index contributed by atoms with van der Waals surface area (Å²) in [6, 6.07) is 6.80. The van der Waals surface area contributed by atoms with Gasteiger partial charge in [0.05, 0.1) is 4.88 Å².